The fourth-order valence-corrected chi connectivity index (χ4v) is 2.02. The number of carboxylic acid groups (broad SMARTS) is 1. The van der Waals surface area contributed by atoms with Gasteiger partial charge in [-0.15, -0.1) is 0 Å². The minimum absolute atomic E-state index is 0.0845. The number of aliphatic hydroxyl groups excluding tert-OH is 1. The van der Waals surface area contributed by atoms with Crippen molar-refractivity contribution in [2.45, 2.75) is 12.5 Å². The lowest BCUT2D eigenvalue weighted by molar-refractivity contribution is -0.139. The van der Waals surface area contributed by atoms with Crippen molar-refractivity contribution in [1.82, 2.24) is 5.32 Å². The van der Waals surface area contributed by atoms with Crippen LogP contribution < -0.4 is 5.32 Å². The molecule has 0 saturated carbocycles. The summed E-state index contributed by atoms with van der Waals surface area (Å²) in [6, 6.07) is 2.42. The highest BCUT2D eigenvalue weighted by atomic mass is 127. The Balaban J connectivity index is 2.83. The SMILES string of the molecule is O=C(N[C@@H](CCO)C(=O)O)c1ccc(F)cc1I. The number of halogens is 2. The van der Waals surface area contributed by atoms with Gasteiger partial charge >= 0.3 is 5.97 Å². The first kappa shape index (κ1) is 14.8. The zero-order chi connectivity index (χ0) is 13.7. The van der Waals surface area contributed by atoms with E-state index in [1.807, 2.05) is 0 Å². The van der Waals surface area contributed by atoms with E-state index in [1.54, 1.807) is 22.6 Å². The molecule has 1 amide bonds. The van der Waals surface area contributed by atoms with Crippen LogP contribution in [0.5, 0.6) is 0 Å². The number of hydrogen-bond acceptors (Lipinski definition) is 3. The molecule has 1 atom stereocenters. The number of rotatable bonds is 5. The normalized spacial score (nSPS) is 11.9. The summed E-state index contributed by atoms with van der Waals surface area (Å²) >= 11 is 1.79. The van der Waals surface area contributed by atoms with Gasteiger partial charge in [0.1, 0.15) is 11.9 Å². The van der Waals surface area contributed by atoms with Gasteiger partial charge in [-0.05, 0) is 40.8 Å². The first-order valence-corrected chi connectivity index (χ1v) is 6.13. The number of amides is 1. The monoisotopic (exact) mass is 367 g/mol. The predicted octanol–water partition coefficient (Wildman–Crippen LogP) is 0.996. The van der Waals surface area contributed by atoms with Gasteiger partial charge in [0.15, 0.2) is 0 Å². The second-order valence-electron chi connectivity index (χ2n) is 3.50. The second-order valence-corrected chi connectivity index (χ2v) is 4.66. The van der Waals surface area contributed by atoms with Crippen LogP contribution >= 0.6 is 22.6 Å². The number of nitrogens with one attached hydrogen (secondary N) is 1. The summed E-state index contributed by atoms with van der Waals surface area (Å²) in [5, 5.41) is 19.8. The molecule has 0 saturated heterocycles. The molecule has 1 aromatic carbocycles. The van der Waals surface area contributed by atoms with E-state index in [0.29, 0.717) is 3.57 Å². The van der Waals surface area contributed by atoms with Crippen LogP contribution in [0.25, 0.3) is 0 Å². The second kappa shape index (κ2) is 6.64. The Hall–Kier alpha value is -1.22. The van der Waals surface area contributed by atoms with E-state index in [4.69, 9.17) is 10.2 Å². The number of aliphatic hydroxyl groups is 1. The van der Waals surface area contributed by atoms with Gasteiger partial charge in [0.2, 0.25) is 0 Å². The van der Waals surface area contributed by atoms with E-state index < -0.39 is 23.7 Å². The molecule has 0 aliphatic heterocycles. The van der Waals surface area contributed by atoms with Crippen LogP contribution in [0.3, 0.4) is 0 Å². The van der Waals surface area contributed by atoms with E-state index in [0.717, 1.165) is 6.07 Å². The van der Waals surface area contributed by atoms with Crippen molar-refractivity contribution in [2.75, 3.05) is 6.61 Å². The van der Waals surface area contributed by atoms with Crippen LogP contribution in [0.1, 0.15) is 16.8 Å². The van der Waals surface area contributed by atoms with Crippen LogP contribution in [0.4, 0.5) is 4.39 Å². The maximum absolute atomic E-state index is 12.9. The van der Waals surface area contributed by atoms with Crippen molar-refractivity contribution >= 4 is 34.5 Å². The van der Waals surface area contributed by atoms with Crippen LogP contribution in [0.2, 0.25) is 0 Å². The summed E-state index contributed by atoms with van der Waals surface area (Å²) in [5.74, 6) is -2.31. The number of carboxylic acids is 1. The van der Waals surface area contributed by atoms with Crippen LogP contribution in [-0.2, 0) is 4.79 Å². The molecular weight excluding hydrogens is 356 g/mol. The zero-order valence-electron chi connectivity index (χ0n) is 9.19. The van der Waals surface area contributed by atoms with Gasteiger partial charge in [0.25, 0.3) is 5.91 Å². The van der Waals surface area contributed by atoms with E-state index in [1.165, 1.54) is 12.1 Å². The van der Waals surface area contributed by atoms with Gasteiger partial charge in [-0.1, -0.05) is 0 Å². The van der Waals surface area contributed by atoms with E-state index in [2.05, 4.69) is 5.32 Å². The maximum Gasteiger partial charge on any atom is 0.326 e. The average Bonchev–Trinajstić information content (AvgIpc) is 2.27. The minimum Gasteiger partial charge on any atom is -0.480 e. The van der Waals surface area contributed by atoms with Gasteiger partial charge in [0.05, 0.1) is 5.56 Å². The summed E-state index contributed by atoms with van der Waals surface area (Å²) in [6.45, 7) is -0.349. The Morgan fingerprint density at radius 2 is 2.11 bits per heavy atom. The lowest BCUT2D eigenvalue weighted by Gasteiger charge is -2.13. The lowest BCUT2D eigenvalue weighted by Crippen LogP contribution is -2.41. The number of hydrogen-bond donors (Lipinski definition) is 3. The smallest absolute Gasteiger partial charge is 0.326 e. The average molecular weight is 367 g/mol. The van der Waals surface area contributed by atoms with Gasteiger partial charge in [-0.3, -0.25) is 4.79 Å². The summed E-state index contributed by atoms with van der Waals surface area (Å²) in [7, 11) is 0. The fraction of sp³-hybridized carbons (Fsp3) is 0.273. The molecule has 5 nitrogen and oxygen atoms in total. The third kappa shape index (κ3) is 3.91. The Morgan fingerprint density at radius 3 is 2.61 bits per heavy atom. The largest absolute Gasteiger partial charge is 0.480 e. The summed E-state index contributed by atoms with van der Waals surface area (Å²) in [6.07, 6.45) is -0.0845. The quantitative estimate of drug-likeness (QED) is 0.678. The van der Waals surface area contributed by atoms with Crippen LogP contribution in [-0.4, -0.2) is 34.7 Å². The Bertz CT molecular complexity index is 466. The summed E-state index contributed by atoms with van der Waals surface area (Å²) < 4.78 is 13.2. The highest BCUT2D eigenvalue weighted by molar-refractivity contribution is 14.1. The molecule has 0 radical (unpaired) electrons. The van der Waals surface area contributed by atoms with Crippen LogP contribution in [0, 0.1) is 9.39 Å². The predicted molar refractivity (Wildman–Crippen MR) is 69.7 cm³/mol. The highest BCUT2D eigenvalue weighted by Gasteiger charge is 2.21. The number of carbonyl (C=O) groups excluding carboxylic acids is 1. The Labute approximate surface area is 116 Å². The maximum atomic E-state index is 12.9. The first-order chi connectivity index (χ1) is 8.45. The van der Waals surface area contributed by atoms with Crippen LogP contribution in [0.15, 0.2) is 18.2 Å². The molecule has 0 heterocycles. The van der Waals surface area contributed by atoms with Crippen molar-refractivity contribution < 1.29 is 24.2 Å². The fourth-order valence-electron chi connectivity index (χ4n) is 1.30. The third-order valence-corrected chi connectivity index (χ3v) is 3.09. The molecular formula is C11H11FINO4. The molecule has 1 rings (SSSR count). The van der Waals surface area contributed by atoms with Crippen molar-refractivity contribution in [1.29, 1.82) is 0 Å². The molecule has 0 spiro atoms. The number of benzene rings is 1. The molecule has 1 aromatic rings. The minimum atomic E-state index is -1.23. The van der Waals surface area contributed by atoms with Gasteiger partial charge in [-0.2, -0.15) is 0 Å². The Morgan fingerprint density at radius 1 is 1.44 bits per heavy atom. The third-order valence-electron chi connectivity index (χ3n) is 2.20. The summed E-state index contributed by atoms with van der Waals surface area (Å²) in [4.78, 5) is 22.6. The van der Waals surface area contributed by atoms with Crippen molar-refractivity contribution in [3.8, 4) is 0 Å². The number of carbonyl (C=O) groups is 2. The van der Waals surface area contributed by atoms with Crippen molar-refractivity contribution in [3.05, 3.63) is 33.1 Å². The molecule has 0 unspecified atom stereocenters. The zero-order valence-corrected chi connectivity index (χ0v) is 11.3. The van der Waals surface area contributed by atoms with Crippen molar-refractivity contribution in [2.24, 2.45) is 0 Å². The van der Waals surface area contributed by atoms with E-state index in [-0.39, 0.29) is 18.6 Å². The molecule has 3 N–H and O–H groups in total. The van der Waals surface area contributed by atoms with Crippen molar-refractivity contribution in [3.63, 3.8) is 0 Å². The molecule has 0 aromatic heterocycles. The molecule has 0 aliphatic rings. The van der Waals surface area contributed by atoms with E-state index in [9.17, 15) is 14.0 Å². The molecule has 98 valence electrons. The first-order valence-electron chi connectivity index (χ1n) is 5.05. The summed E-state index contributed by atoms with van der Waals surface area (Å²) in [5.41, 5.74) is 0.196. The van der Waals surface area contributed by atoms with Gasteiger partial charge in [-0.25, -0.2) is 9.18 Å². The lowest BCUT2D eigenvalue weighted by atomic mass is 10.1. The van der Waals surface area contributed by atoms with Gasteiger partial charge in [0, 0.05) is 16.6 Å². The molecule has 0 aliphatic carbocycles. The van der Waals surface area contributed by atoms with E-state index >= 15 is 0 Å². The molecule has 18 heavy (non-hydrogen) atoms. The van der Waals surface area contributed by atoms with Gasteiger partial charge < -0.3 is 15.5 Å². The molecule has 7 heteroatoms. The molecule has 0 bridgehead atoms. The topological polar surface area (TPSA) is 86.6 Å². The molecule has 0 fully saturated rings. The Kier molecular flexibility index (Phi) is 5.48. The number of aliphatic carboxylic acids is 1. The standard InChI is InChI=1S/C11H11FINO4/c12-6-1-2-7(8(13)5-6)10(16)14-9(3-4-15)11(17)18/h1-2,5,9,15H,3-4H2,(H,14,16)(H,17,18)/t9-/m0/s1. The highest BCUT2D eigenvalue weighted by Crippen LogP contribution is 2.14.